The van der Waals surface area contributed by atoms with E-state index in [0.29, 0.717) is 11.5 Å². The number of hydrogen-bond acceptors (Lipinski definition) is 3. The van der Waals surface area contributed by atoms with Gasteiger partial charge in [0.05, 0.1) is 5.54 Å². The fourth-order valence-electron chi connectivity index (χ4n) is 2.72. The van der Waals surface area contributed by atoms with Gasteiger partial charge < -0.3 is 11.5 Å². The van der Waals surface area contributed by atoms with Crippen LogP contribution in [0.1, 0.15) is 31.1 Å². The molecule has 0 spiro atoms. The van der Waals surface area contributed by atoms with E-state index in [-0.39, 0.29) is 11.1 Å². The Hall–Kier alpha value is -2.82. The lowest BCUT2D eigenvalue weighted by Gasteiger charge is -2.20. The molecule has 3 rings (SSSR count). The Labute approximate surface area is 134 Å². The van der Waals surface area contributed by atoms with Crippen molar-refractivity contribution in [2.24, 2.45) is 5.73 Å². The maximum Gasteiger partial charge on any atom is 0.254 e. The van der Waals surface area contributed by atoms with Gasteiger partial charge in [-0.15, -0.1) is 0 Å². The van der Waals surface area contributed by atoms with Gasteiger partial charge in [0.25, 0.3) is 5.91 Å². The summed E-state index contributed by atoms with van der Waals surface area (Å²) in [7, 11) is 0. The molecule has 1 amide bonds. The standard InChI is InChI=1S/C18H20N4O/c1-18(2,3)22-16(19)14(17(20)23)15(21-22)13-9-8-11-6-4-5-7-12(11)10-13/h4-10H,19H2,1-3H3,(H2,20,23). The van der Waals surface area contributed by atoms with Crippen molar-refractivity contribution in [3.63, 3.8) is 0 Å². The van der Waals surface area contributed by atoms with Crippen molar-refractivity contribution in [2.75, 3.05) is 5.73 Å². The summed E-state index contributed by atoms with van der Waals surface area (Å²) >= 11 is 0. The van der Waals surface area contributed by atoms with Crippen LogP contribution in [0.2, 0.25) is 0 Å². The predicted molar refractivity (Wildman–Crippen MR) is 93.1 cm³/mol. The molecule has 0 saturated carbocycles. The van der Waals surface area contributed by atoms with Crippen LogP contribution in [0.15, 0.2) is 42.5 Å². The molecule has 0 saturated heterocycles. The van der Waals surface area contributed by atoms with Crippen molar-refractivity contribution >= 4 is 22.5 Å². The average molecular weight is 308 g/mol. The zero-order chi connectivity index (χ0) is 16.8. The number of rotatable bonds is 2. The van der Waals surface area contributed by atoms with Crippen LogP contribution >= 0.6 is 0 Å². The Bertz CT molecular complexity index is 903. The molecule has 0 radical (unpaired) electrons. The Kier molecular flexibility index (Phi) is 3.36. The maximum atomic E-state index is 11.9. The van der Waals surface area contributed by atoms with Crippen molar-refractivity contribution < 1.29 is 4.79 Å². The van der Waals surface area contributed by atoms with Crippen molar-refractivity contribution in [2.45, 2.75) is 26.3 Å². The maximum absolute atomic E-state index is 11.9. The van der Waals surface area contributed by atoms with E-state index >= 15 is 0 Å². The van der Waals surface area contributed by atoms with Gasteiger partial charge in [0.1, 0.15) is 17.1 Å². The van der Waals surface area contributed by atoms with Crippen LogP contribution in [0.4, 0.5) is 5.82 Å². The van der Waals surface area contributed by atoms with Crippen LogP contribution in [0, 0.1) is 0 Å². The number of nitrogen functional groups attached to an aromatic ring is 1. The highest BCUT2D eigenvalue weighted by Crippen LogP contribution is 2.32. The highest BCUT2D eigenvalue weighted by Gasteiger charge is 2.26. The van der Waals surface area contributed by atoms with E-state index in [1.165, 1.54) is 0 Å². The molecule has 0 unspecified atom stereocenters. The lowest BCUT2D eigenvalue weighted by Crippen LogP contribution is -2.25. The molecule has 2 aromatic carbocycles. The third-order valence-corrected chi connectivity index (χ3v) is 3.83. The quantitative estimate of drug-likeness (QED) is 0.762. The SMILES string of the molecule is CC(C)(C)n1nc(-c2ccc3ccccc3c2)c(C(N)=O)c1N. The van der Waals surface area contributed by atoms with Crippen LogP contribution in [0.5, 0.6) is 0 Å². The van der Waals surface area contributed by atoms with Crippen LogP contribution < -0.4 is 11.5 Å². The van der Waals surface area contributed by atoms with Gasteiger partial charge in [0.15, 0.2) is 0 Å². The normalized spacial score (nSPS) is 11.8. The number of nitrogens with two attached hydrogens (primary N) is 2. The summed E-state index contributed by atoms with van der Waals surface area (Å²) < 4.78 is 1.65. The number of anilines is 1. The van der Waals surface area contributed by atoms with E-state index in [1.807, 2.05) is 63.2 Å². The van der Waals surface area contributed by atoms with Crippen molar-refractivity contribution in [3.8, 4) is 11.3 Å². The topological polar surface area (TPSA) is 86.9 Å². The van der Waals surface area contributed by atoms with Gasteiger partial charge in [-0.25, -0.2) is 4.68 Å². The molecule has 3 aromatic rings. The molecule has 1 aromatic heterocycles. The largest absolute Gasteiger partial charge is 0.383 e. The monoisotopic (exact) mass is 308 g/mol. The van der Waals surface area contributed by atoms with Crippen LogP contribution in [0.3, 0.4) is 0 Å². The predicted octanol–water partition coefficient (Wildman–Crippen LogP) is 3.14. The minimum absolute atomic E-state index is 0.273. The number of benzene rings is 2. The fraction of sp³-hybridized carbons (Fsp3) is 0.222. The second kappa shape index (κ2) is 5.12. The van der Waals surface area contributed by atoms with Crippen molar-refractivity contribution in [1.82, 2.24) is 9.78 Å². The molecule has 118 valence electrons. The lowest BCUT2D eigenvalue weighted by atomic mass is 10.0. The fourth-order valence-corrected chi connectivity index (χ4v) is 2.72. The third kappa shape index (κ3) is 2.54. The van der Waals surface area contributed by atoms with E-state index in [0.717, 1.165) is 16.3 Å². The van der Waals surface area contributed by atoms with E-state index in [1.54, 1.807) is 4.68 Å². The summed E-state index contributed by atoms with van der Waals surface area (Å²) in [6.45, 7) is 5.93. The van der Waals surface area contributed by atoms with Gasteiger partial charge in [0, 0.05) is 5.56 Å². The van der Waals surface area contributed by atoms with E-state index in [2.05, 4.69) is 5.10 Å². The number of carbonyl (C=O) groups excluding carboxylic acids is 1. The number of fused-ring (bicyclic) bond motifs is 1. The molecule has 23 heavy (non-hydrogen) atoms. The molecule has 0 aliphatic heterocycles. The second-order valence-electron chi connectivity index (χ2n) is 6.62. The van der Waals surface area contributed by atoms with Gasteiger partial charge in [0.2, 0.25) is 0 Å². The number of nitrogens with zero attached hydrogens (tertiary/aromatic N) is 2. The number of carbonyl (C=O) groups is 1. The molecule has 5 nitrogen and oxygen atoms in total. The highest BCUT2D eigenvalue weighted by atomic mass is 16.1. The van der Waals surface area contributed by atoms with Gasteiger partial charge in [-0.2, -0.15) is 5.10 Å². The number of primary amides is 1. The first kappa shape index (κ1) is 15.1. The minimum Gasteiger partial charge on any atom is -0.383 e. The lowest BCUT2D eigenvalue weighted by molar-refractivity contribution is 0.100. The van der Waals surface area contributed by atoms with Crippen molar-refractivity contribution in [3.05, 3.63) is 48.0 Å². The first-order valence-corrected chi connectivity index (χ1v) is 7.47. The van der Waals surface area contributed by atoms with Crippen molar-refractivity contribution in [1.29, 1.82) is 0 Å². The second-order valence-corrected chi connectivity index (χ2v) is 6.62. The molecule has 0 atom stereocenters. The molecular formula is C18H20N4O. The Balaban J connectivity index is 2.27. The average Bonchev–Trinajstić information content (AvgIpc) is 2.84. The molecule has 0 fully saturated rings. The Morgan fingerprint density at radius 2 is 1.74 bits per heavy atom. The van der Waals surface area contributed by atoms with E-state index in [4.69, 9.17) is 11.5 Å². The zero-order valence-electron chi connectivity index (χ0n) is 13.5. The van der Waals surface area contributed by atoms with E-state index < -0.39 is 5.91 Å². The molecular weight excluding hydrogens is 288 g/mol. The Morgan fingerprint density at radius 3 is 2.35 bits per heavy atom. The van der Waals surface area contributed by atoms with Gasteiger partial charge >= 0.3 is 0 Å². The minimum atomic E-state index is -0.568. The first-order valence-electron chi connectivity index (χ1n) is 7.47. The van der Waals surface area contributed by atoms with Crippen LogP contribution in [-0.4, -0.2) is 15.7 Å². The van der Waals surface area contributed by atoms with Gasteiger partial charge in [-0.1, -0.05) is 36.4 Å². The van der Waals surface area contributed by atoms with Crippen LogP contribution in [0.25, 0.3) is 22.0 Å². The Morgan fingerprint density at radius 1 is 1.09 bits per heavy atom. The molecule has 0 aliphatic rings. The molecule has 4 N–H and O–H groups in total. The molecule has 0 bridgehead atoms. The summed E-state index contributed by atoms with van der Waals surface area (Å²) in [6, 6.07) is 14.0. The number of hydrogen-bond donors (Lipinski definition) is 2. The third-order valence-electron chi connectivity index (χ3n) is 3.83. The van der Waals surface area contributed by atoms with Gasteiger partial charge in [-0.05, 0) is 37.6 Å². The van der Waals surface area contributed by atoms with Gasteiger partial charge in [-0.3, -0.25) is 4.79 Å². The summed E-state index contributed by atoms with van der Waals surface area (Å²) in [4.78, 5) is 11.9. The first-order chi connectivity index (χ1) is 10.8. The molecule has 0 aliphatic carbocycles. The summed E-state index contributed by atoms with van der Waals surface area (Å²) in [5.74, 6) is -0.269. The summed E-state index contributed by atoms with van der Waals surface area (Å²) in [6.07, 6.45) is 0. The molecule has 5 heteroatoms. The summed E-state index contributed by atoms with van der Waals surface area (Å²) in [5.41, 5.74) is 13.0. The highest BCUT2D eigenvalue weighted by molar-refractivity contribution is 6.04. The number of amides is 1. The smallest absolute Gasteiger partial charge is 0.254 e. The molecule has 1 heterocycles. The summed E-state index contributed by atoms with van der Waals surface area (Å²) in [5, 5.41) is 6.77. The number of aromatic nitrogens is 2. The van der Waals surface area contributed by atoms with E-state index in [9.17, 15) is 4.79 Å². The van der Waals surface area contributed by atoms with Crippen LogP contribution in [-0.2, 0) is 5.54 Å². The zero-order valence-corrected chi connectivity index (χ0v) is 13.5.